The number of aromatic nitrogens is 1. The fourth-order valence-electron chi connectivity index (χ4n) is 2.36. The molecule has 1 aliphatic rings. The second-order valence-corrected chi connectivity index (χ2v) is 4.43. The van der Waals surface area contributed by atoms with Crippen LogP contribution in [0.2, 0.25) is 0 Å². The normalized spacial score (nSPS) is 14.2. The van der Waals surface area contributed by atoms with Gasteiger partial charge >= 0.3 is 0 Å². The summed E-state index contributed by atoms with van der Waals surface area (Å²) in [6.07, 6.45) is 3.73. The van der Waals surface area contributed by atoms with Crippen LogP contribution in [0.15, 0.2) is 12.3 Å². The number of carbonyl (C=O) groups is 1. The Morgan fingerprint density at radius 3 is 3.06 bits per heavy atom. The number of hydrogen-bond acceptors (Lipinski definition) is 4. The third-order valence-corrected chi connectivity index (χ3v) is 3.29. The van der Waals surface area contributed by atoms with Gasteiger partial charge in [-0.15, -0.1) is 0 Å². The minimum absolute atomic E-state index is 0.0240. The fourth-order valence-corrected chi connectivity index (χ4v) is 2.36. The van der Waals surface area contributed by atoms with Crippen LogP contribution in [0.5, 0.6) is 0 Å². The van der Waals surface area contributed by atoms with Crippen molar-refractivity contribution >= 4 is 11.7 Å². The van der Waals surface area contributed by atoms with Gasteiger partial charge in [-0.2, -0.15) is 0 Å². The van der Waals surface area contributed by atoms with Crippen LogP contribution >= 0.6 is 0 Å². The van der Waals surface area contributed by atoms with Gasteiger partial charge in [0.15, 0.2) is 0 Å². The monoisotopic (exact) mass is 248 g/mol. The van der Waals surface area contributed by atoms with E-state index in [1.165, 1.54) is 0 Å². The number of likely N-dealkylation sites (N-methyl/N-ethyl adjacent to an activating group) is 1. The van der Waals surface area contributed by atoms with Crippen molar-refractivity contribution in [3.63, 3.8) is 0 Å². The van der Waals surface area contributed by atoms with E-state index in [2.05, 4.69) is 20.5 Å². The molecule has 0 fully saturated rings. The molecule has 0 saturated heterocycles. The Balaban J connectivity index is 2.31. The number of nitrogens with zero attached hydrogens (tertiary/aromatic N) is 2. The zero-order valence-electron chi connectivity index (χ0n) is 11.0. The van der Waals surface area contributed by atoms with Gasteiger partial charge in [0, 0.05) is 44.0 Å². The van der Waals surface area contributed by atoms with Crippen LogP contribution in [0.25, 0.3) is 0 Å². The van der Waals surface area contributed by atoms with Crippen molar-refractivity contribution in [2.45, 2.75) is 12.8 Å². The van der Waals surface area contributed by atoms with E-state index >= 15 is 0 Å². The molecule has 0 saturated carbocycles. The molecule has 18 heavy (non-hydrogen) atoms. The lowest BCUT2D eigenvalue weighted by Crippen LogP contribution is -2.36. The molecule has 1 aromatic rings. The quantitative estimate of drug-likeness (QED) is 0.810. The van der Waals surface area contributed by atoms with Gasteiger partial charge in [0.05, 0.1) is 0 Å². The van der Waals surface area contributed by atoms with Crippen molar-refractivity contribution in [2.75, 3.05) is 38.6 Å². The summed E-state index contributed by atoms with van der Waals surface area (Å²) in [6.45, 7) is 2.86. The predicted molar refractivity (Wildman–Crippen MR) is 72.1 cm³/mol. The summed E-state index contributed by atoms with van der Waals surface area (Å²) in [7, 11) is 3.61. The van der Waals surface area contributed by atoms with Crippen molar-refractivity contribution in [2.24, 2.45) is 0 Å². The minimum Gasteiger partial charge on any atom is -0.355 e. The van der Waals surface area contributed by atoms with Crippen LogP contribution in [0, 0.1) is 0 Å². The molecule has 1 aromatic heterocycles. The van der Waals surface area contributed by atoms with Crippen molar-refractivity contribution in [3.05, 3.63) is 23.4 Å². The number of hydrogen-bond donors (Lipinski definition) is 2. The Morgan fingerprint density at radius 1 is 1.50 bits per heavy atom. The van der Waals surface area contributed by atoms with Crippen LogP contribution < -0.4 is 15.5 Å². The number of rotatable bonds is 4. The summed E-state index contributed by atoms with van der Waals surface area (Å²) in [5.74, 6) is 0.946. The maximum absolute atomic E-state index is 11.8. The molecule has 1 aliphatic heterocycles. The lowest BCUT2D eigenvalue weighted by Gasteiger charge is -2.30. The number of amides is 1. The summed E-state index contributed by atoms with van der Waals surface area (Å²) in [5.41, 5.74) is 1.84. The standard InChI is InChI=1S/C13H20N4O/c1-14-7-9-17-8-3-4-10-11(13(18)15-2)5-6-16-12(10)17/h5-6,14H,3-4,7-9H2,1-2H3,(H,15,18). The molecule has 98 valence electrons. The van der Waals surface area contributed by atoms with Crippen LogP contribution in [0.1, 0.15) is 22.3 Å². The maximum atomic E-state index is 11.8. The lowest BCUT2D eigenvalue weighted by atomic mass is 9.99. The Morgan fingerprint density at radius 2 is 2.33 bits per heavy atom. The van der Waals surface area contributed by atoms with Gasteiger partial charge < -0.3 is 15.5 Å². The maximum Gasteiger partial charge on any atom is 0.251 e. The molecule has 1 amide bonds. The molecule has 2 N–H and O–H groups in total. The molecule has 0 atom stereocenters. The van der Waals surface area contributed by atoms with Crippen LogP contribution in [0.3, 0.4) is 0 Å². The van der Waals surface area contributed by atoms with Crippen molar-refractivity contribution in [3.8, 4) is 0 Å². The van der Waals surface area contributed by atoms with Gasteiger partial charge in [-0.1, -0.05) is 0 Å². The summed E-state index contributed by atoms with van der Waals surface area (Å²) >= 11 is 0. The lowest BCUT2D eigenvalue weighted by molar-refractivity contribution is 0.0962. The summed E-state index contributed by atoms with van der Waals surface area (Å²) < 4.78 is 0. The van der Waals surface area contributed by atoms with E-state index < -0.39 is 0 Å². The van der Waals surface area contributed by atoms with Crippen molar-refractivity contribution < 1.29 is 4.79 Å². The molecule has 2 heterocycles. The van der Waals surface area contributed by atoms with Crippen LogP contribution in [-0.2, 0) is 6.42 Å². The van der Waals surface area contributed by atoms with Gasteiger partial charge in [0.1, 0.15) is 5.82 Å². The zero-order chi connectivity index (χ0) is 13.0. The van der Waals surface area contributed by atoms with Crippen molar-refractivity contribution in [1.82, 2.24) is 15.6 Å². The minimum atomic E-state index is -0.0240. The molecule has 0 unspecified atom stereocenters. The topological polar surface area (TPSA) is 57.3 Å². The van der Waals surface area contributed by atoms with Crippen LogP contribution in [0.4, 0.5) is 5.82 Å². The highest BCUT2D eigenvalue weighted by molar-refractivity contribution is 5.96. The molecule has 0 bridgehead atoms. The molecule has 2 rings (SSSR count). The highest BCUT2D eigenvalue weighted by Gasteiger charge is 2.22. The molecular formula is C13H20N4O. The highest BCUT2D eigenvalue weighted by atomic mass is 16.1. The largest absolute Gasteiger partial charge is 0.355 e. The van der Waals surface area contributed by atoms with E-state index in [1.807, 2.05) is 7.05 Å². The summed E-state index contributed by atoms with van der Waals surface area (Å²) in [5, 5.41) is 5.84. The van der Waals surface area contributed by atoms with Crippen molar-refractivity contribution in [1.29, 1.82) is 0 Å². The first-order valence-electron chi connectivity index (χ1n) is 6.37. The Labute approximate surface area is 108 Å². The third kappa shape index (κ3) is 2.46. The van der Waals surface area contributed by atoms with E-state index in [1.54, 1.807) is 19.3 Å². The SMILES string of the molecule is CNCCN1CCCc2c(C(=O)NC)ccnc21. The number of fused-ring (bicyclic) bond motifs is 1. The average Bonchev–Trinajstić information content (AvgIpc) is 2.43. The number of nitrogens with one attached hydrogen (secondary N) is 2. The Kier molecular flexibility index (Phi) is 4.15. The molecular weight excluding hydrogens is 228 g/mol. The Bertz CT molecular complexity index is 433. The first kappa shape index (κ1) is 12.8. The van der Waals surface area contributed by atoms with E-state index in [4.69, 9.17) is 0 Å². The smallest absolute Gasteiger partial charge is 0.251 e. The van der Waals surface area contributed by atoms with E-state index in [9.17, 15) is 4.79 Å². The molecule has 5 nitrogen and oxygen atoms in total. The summed E-state index contributed by atoms with van der Waals surface area (Å²) in [6, 6.07) is 1.80. The highest BCUT2D eigenvalue weighted by Crippen LogP contribution is 2.27. The number of anilines is 1. The second kappa shape index (κ2) is 5.82. The molecule has 0 aliphatic carbocycles. The number of pyridine rings is 1. The van der Waals surface area contributed by atoms with Crippen LogP contribution in [-0.4, -0.2) is 44.6 Å². The van der Waals surface area contributed by atoms with E-state index in [-0.39, 0.29) is 5.91 Å². The molecule has 0 radical (unpaired) electrons. The predicted octanol–water partition coefficient (Wildman–Crippen LogP) is 0.413. The first-order valence-corrected chi connectivity index (χ1v) is 6.37. The fraction of sp³-hybridized carbons (Fsp3) is 0.538. The summed E-state index contributed by atoms with van der Waals surface area (Å²) in [4.78, 5) is 18.5. The Hall–Kier alpha value is -1.62. The van der Waals surface area contributed by atoms with E-state index in [0.717, 1.165) is 49.4 Å². The van der Waals surface area contributed by atoms with E-state index in [0.29, 0.717) is 0 Å². The average molecular weight is 248 g/mol. The molecule has 0 spiro atoms. The van der Waals surface area contributed by atoms with Gasteiger partial charge in [-0.05, 0) is 26.0 Å². The van der Waals surface area contributed by atoms with Gasteiger partial charge in [-0.25, -0.2) is 4.98 Å². The first-order chi connectivity index (χ1) is 8.77. The third-order valence-electron chi connectivity index (χ3n) is 3.29. The van der Waals surface area contributed by atoms with Gasteiger partial charge in [-0.3, -0.25) is 4.79 Å². The molecule has 5 heteroatoms. The van der Waals surface area contributed by atoms with Gasteiger partial charge in [0.2, 0.25) is 0 Å². The molecule has 0 aromatic carbocycles. The van der Waals surface area contributed by atoms with Gasteiger partial charge in [0.25, 0.3) is 5.91 Å². The zero-order valence-corrected chi connectivity index (χ0v) is 11.0. The number of carbonyl (C=O) groups excluding carboxylic acids is 1. The second-order valence-electron chi connectivity index (χ2n) is 4.43.